The smallest absolute Gasteiger partial charge is 0.317 e. The van der Waals surface area contributed by atoms with Crippen molar-refractivity contribution in [2.45, 2.75) is 6.42 Å². The molecule has 0 bridgehead atoms. The first-order chi connectivity index (χ1) is 8.72. The molecule has 6 heteroatoms. The lowest BCUT2D eigenvalue weighted by Crippen LogP contribution is -2.38. The second-order valence-corrected chi connectivity index (χ2v) is 3.36. The van der Waals surface area contributed by atoms with Gasteiger partial charge in [-0.2, -0.15) is 0 Å². The number of urea groups is 1. The number of carbonyl (C=O) groups excluding carboxylic acids is 2. The number of methoxy groups -OCH3 is 1. The van der Waals surface area contributed by atoms with Gasteiger partial charge < -0.3 is 20.1 Å². The molecule has 98 valence electrons. The van der Waals surface area contributed by atoms with E-state index in [9.17, 15) is 9.59 Å². The maximum atomic E-state index is 11.2. The number of hydrogen-bond donors (Lipinski definition) is 2. The fraction of sp³-hybridized carbons (Fsp3) is 0.333. The molecule has 0 radical (unpaired) electrons. The molecule has 18 heavy (non-hydrogen) atoms. The van der Waals surface area contributed by atoms with E-state index < -0.39 is 6.03 Å². The minimum absolute atomic E-state index is 0.0636. The molecule has 2 amide bonds. The molecule has 0 aromatic heterocycles. The molecule has 0 aliphatic carbocycles. The zero-order chi connectivity index (χ0) is 13.2. The number of nitrogens with one attached hydrogen (secondary N) is 2. The highest BCUT2D eigenvalue weighted by Gasteiger charge is 2.02. The van der Waals surface area contributed by atoms with Crippen molar-refractivity contribution in [1.82, 2.24) is 10.6 Å². The lowest BCUT2D eigenvalue weighted by Gasteiger charge is -2.08. The van der Waals surface area contributed by atoms with Crippen LogP contribution in [0.4, 0.5) is 4.79 Å². The Hall–Kier alpha value is -2.24. The summed E-state index contributed by atoms with van der Waals surface area (Å²) in [6.45, 7) is 0.290. The highest BCUT2D eigenvalue weighted by Crippen LogP contribution is 2.06. The van der Waals surface area contributed by atoms with Crippen LogP contribution in [-0.2, 0) is 9.53 Å². The summed E-state index contributed by atoms with van der Waals surface area (Å²) in [6, 6.07) is 8.74. The minimum Gasteiger partial charge on any atom is -0.473 e. The van der Waals surface area contributed by atoms with Crippen molar-refractivity contribution in [2.75, 3.05) is 20.4 Å². The molecule has 1 aromatic rings. The largest absolute Gasteiger partial charge is 0.473 e. The maximum absolute atomic E-state index is 11.2. The fourth-order valence-corrected chi connectivity index (χ4v) is 1.14. The van der Waals surface area contributed by atoms with E-state index >= 15 is 0 Å². The van der Waals surface area contributed by atoms with Gasteiger partial charge in [0.2, 0.25) is 0 Å². The van der Waals surface area contributed by atoms with E-state index in [0.29, 0.717) is 5.75 Å². The monoisotopic (exact) mass is 252 g/mol. The molecule has 0 saturated carbocycles. The molecule has 0 aliphatic rings. The molecule has 0 fully saturated rings. The predicted octanol–water partition coefficient (Wildman–Crippen LogP) is 0.885. The Labute approximate surface area is 105 Å². The van der Waals surface area contributed by atoms with Crippen molar-refractivity contribution in [2.24, 2.45) is 0 Å². The highest BCUT2D eigenvalue weighted by atomic mass is 16.5. The first-order valence-corrected chi connectivity index (χ1v) is 5.48. The predicted molar refractivity (Wildman–Crippen MR) is 65.1 cm³/mol. The molecule has 0 heterocycles. The zero-order valence-corrected chi connectivity index (χ0v) is 10.1. The summed E-state index contributed by atoms with van der Waals surface area (Å²) in [7, 11) is 1.30. The van der Waals surface area contributed by atoms with Crippen molar-refractivity contribution in [3.8, 4) is 5.75 Å². The first-order valence-electron chi connectivity index (χ1n) is 5.48. The van der Waals surface area contributed by atoms with Crippen LogP contribution in [0, 0.1) is 0 Å². The Morgan fingerprint density at radius 1 is 1.17 bits per heavy atom. The van der Waals surface area contributed by atoms with Gasteiger partial charge in [0, 0.05) is 6.54 Å². The first kappa shape index (κ1) is 13.8. The van der Waals surface area contributed by atoms with Crippen LogP contribution in [-0.4, -0.2) is 32.4 Å². The average Bonchev–Trinajstić information content (AvgIpc) is 2.39. The van der Waals surface area contributed by atoms with Crippen LogP contribution in [0.2, 0.25) is 0 Å². The van der Waals surface area contributed by atoms with Crippen LogP contribution in [0.25, 0.3) is 0 Å². The summed E-state index contributed by atoms with van der Waals surface area (Å²) in [6.07, 6.45) is 0.142. The normalized spacial score (nSPS) is 9.39. The summed E-state index contributed by atoms with van der Waals surface area (Å²) < 4.78 is 9.70. The molecule has 0 aliphatic heterocycles. The maximum Gasteiger partial charge on any atom is 0.317 e. The van der Waals surface area contributed by atoms with Gasteiger partial charge in [0.15, 0.2) is 6.73 Å². The van der Waals surface area contributed by atoms with Gasteiger partial charge in [-0.1, -0.05) is 18.2 Å². The molecule has 2 N–H and O–H groups in total. The lowest BCUT2D eigenvalue weighted by molar-refractivity contribution is -0.140. The van der Waals surface area contributed by atoms with Gasteiger partial charge in [-0.05, 0) is 12.1 Å². The van der Waals surface area contributed by atoms with Gasteiger partial charge in [-0.25, -0.2) is 4.79 Å². The van der Waals surface area contributed by atoms with E-state index in [4.69, 9.17) is 4.74 Å². The number of esters is 1. The summed E-state index contributed by atoms with van der Waals surface area (Å²) in [5.41, 5.74) is 0. The molecule has 0 spiro atoms. The third-order valence-electron chi connectivity index (χ3n) is 2.06. The van der Waals surface area contributed by atoms with Crippen LogP contribution in [0.3, 0.4) is 0 Å². The van der Waals surface area contributed by atoms with Crippen LogP contribution in [0.5, 0.6) is 5.75 Å². The fourth-order valence-electron chi connectivity index (χ4n) is 1.14. The number of benzene rings is 1. The standard InChI is InChI=1S/C12H16N2O4/c1-17-11(15)7-8-13-12(16)14-9-18-10-5-3-2-4-6-10/h2-6H,7-9H2,1H3,(H2,13,14,16). The number of ether oxygens (including phenoxy) is 2. The van der Waals surface area contributed by atoms with Gasteiger partial charge >= 0.3 is 12.0 Å². The van der Waals surface area contributed by atoms with E-state index in [-0.39, 0.29) is 25.7 Å². The van der Waals surface area contributed by atoms with Gasteiger partial charge in [-0.15, -0.1) is 0 Å². The SMILES string of the molecule is COC(=O)CCNC(=O)NCOc1ccccc1. The number of rotatable bonds is 6. The number of amides is 2. The third-order valence-corrected chi connectivity index (χ3v) is 2.06. The molecule has 0 saturated heterocycles. The second-order valence-electron chi connectivity index (χ2n) is 3.36. The van der Waals surface area contributed by atoms with Crippen molar-refractivity contribution in [3.63, 3.8) is 0 Å². The quantitative estimate of drug-likeness (QED) is 0.582. The van der Waals surface area contributed by atoms with Crippen molar-refractivity contribution in [3.05, 3.63) is 30.3 Å². The molecule has 0 atom stereocenters. The number of hydrogen-bond acceptors (Lipinski definition) is 4. The zero-order valence-electron chi connectivity index (χ0n) is 10.1. The number of carbonyl (C=O) groups is 2. The molecular weight excluding hydrogens is 236 g/mol. The third kappa shape index (κ3) is 5.74. The van der Waals surface area contributed by atoms with E-state index in [1.54, 1.807) is 12.1 Å². The van der Waals surface area contributed by atoms with Gasteiger partial charge in [0.05, 0.1) is 13.5 Å². The van der Waals surface area contributed by atoms with Gasteiger partial charge in [0.25, 0.3) is 0 Å². The van der Waals surface area contributed by atoms with Crippen LogP contribution < -0.4 is 15.4 Å². The second kappa shape index (κ2) is 7.94. The molecule has 1 rings (SSSR count). The van der Waals surface area contributed by atoms with Crippen LogP contribution >= 0.6 is 0 Å². The van der Waals surface area contributed by atoms with Crippen LogP contribution in [0.1, 0.15) is 6.42 Å². The highest BCUT2D eigenvalue weighted by molar-refractivity contribution is 5.75. The van der Waals surface area contributed by atoms with E-state index in [2.05, 4.69) is 15.4 Å². The summed E-state index contributed by atoms with van der Waals surface area (Å²) in [4.78, 5) is 22.0. The minimum atomic E-state index is -0.394. The van der Waals surface area contributed by atoms with E-state index in [1.807, 2.05) is 18.2 Å². The Morgan fingerprint density at radius 3 is 2.56 bits per heavy atom. The van der Waals surface area contributed by atoms with Crippen molar-refractivity contribution >= 4 is 12.0 Å². The molecular formula is C12H16N2O4. The topological polar surface area (TPSA) is 76.7 Å². The number of para-hydroxylation sites is 1. The Bertz CT molecular complexity index is 381. The summed E-state index contributed by atoms with van der Waals surface area (Å²) in [5, 5.41) is 5.00. The molecule has 6 nitrogen and oxygen atoms in total. The molecule has 1 aromatic carbocycles. The van der Waals surface area contributed by atoms with E-state index in [0.717, 1.165) is 0 Å². The summed E-state index contributed by atoms with van der Waals surface area (Å²) in [5.74, 6) is 0.309. The Morgan fingerprint density at radius 2 is 1.89 bits per heavy atom. The van der Waals surface area contributed by atoms with Crippen LogP contribution in [0.15, 0.2) is 30.3 Å². The molecule has 0 unspecified atom stereocenters. The Kier molecular flexibility index (Phi) is 6.10. The van der Waals surface area contributed by atoms with Crippen molar-refractivity contribution in [1.29, 1.82) is 0 Å². The average molecular weight is 252 g/mol. The van der Waals surface area contributed by atoms with E-state index in [1.165, 1.54) is 7.11 Å². The van der Waals surface area contributed by atoms with Gasteiger partial charge in [0.1, 0.15) is 5.75 Å². The van der Waals surface area contributed by atoms with Crippen molar-refractivity contribution < 1.29 is 19.1 Å². The summed E-state index contributed by atoms with van der Waals surface area (Å²) >= 11 is 0. The van der Waals surface area contributed by atoms with Gasteiger partial charge in [-0.3, -0.25) is 4.79 Å². The Balaban J connectivity index is 2.09. The lowest BCUT2D eigenvalue weighted by atomic mass is 10.3.